The highest BCUT2D eigenvalue weighted by Crippen LogP contribution is 2.36. The summed E-state index contributed by atoms with van der Waals surface area (Å²) in [5, 5.41) is 0.376. The number of carbonyl (C=O) groups is 1. The highest BCUT2D eigenvalue weighted by molar-refractivity contribution is 6.32. The van der Waals surface area contributed by atoms with E-state index in [-0.39, 0.29) is 5.91 Å². The maximum absolute atomic E-state index is 12.7. The van der Waals surface area contributed by atoms with Crippen LogP contribution in [0, 0.1) is 5.92 Å². The highest BCUT2D eigenvalue weighted by Gasteiger charge is 2.23. The first-order valence-electron chi connectivity index (χ1n) is 7.81. The molecule has 0 aromatic heterocycles. The number of amides is 1. The molecule has 1 atom stereocenters. The zero-order valence-corrected chi connectivity index (χ0v) is 15.0. The summed E-state index contributed by atoms with van der Waals surface area (Å²) in [5.41, 5.74) is 0.513. The van der Waals surface area contributed by atoms with E-state index in [9.17, 15) is 4.79 Å². The minimum absolute atomic E-state index is 0.0546. The van der Waals surface area contributed by atoms with E-state index in [4.69, 9.17) is 21.1 Å². The first-order valence-corrected chi connectivity index (χ1v) is 8.19. The van der Waals surface area contributed by atoms with Gasteiger partial charge in [-0.25, -0.2) is 0 Å². The third-order valence-electron chi connectivity index (χ3n) is 4.28. The maximum atomic E-state index is 12.7. The molecule has 6 heteroatoms. The molecule has 0 saturated carbocycles. The molecule has 5 nitrogen and oxygen atoms in total. The van der Waals surface area contributed by atoms with Gasteiger partial charge in [-0.1, -0.05) is 11.6 Å². The van der Waals surface area contributed by atoms with Gasteiger partial charge in [-0.05, 0) is 44.5 Å². The van der Waals surface area contributed by atoms with Crippen molar-refractivity contribution < 1.29 is 14.3 Å². The Bertz CT molecular complexity index is 565. The topological polar surface area (TPSA) is 42.0 Å². The van der Waals surface area contributed by atoms with Crippen molar-refractivity contribution in [2.24, 2.45) is 5.92 Å². The predicted molar refractivity (Wildman–Crippen MR) is 91.7 cm³/mol. The van der Waals surface area contributed by atoms with Gasteiger partial charge in [0.2, 0.25) is 0 Å². The third kappa shape index (κ3) is 4.30. The number of rotatable bonds is 5. The van der Waals surface area contributed by atoms with Gasteiger partial charge in [0.15, 0.2) is 11.5 Å². The van der Waals surface area contributed by atoms with Gasteiger partial charge in [-0.15, -0.1) is 0 Å². The summed E-state index contributed by atoms with van der Waals surface area (Å²) in [6.45, 7) is 2.92. The molecule has 0 N–H and O–H groups in total. The van der Waals surface area contributed by atoms with E-state index in [1.165, 1.54) is 20.6 Å². The molecule has 0 spiro atoms. The quantitative estimate of drug-likeness (QED) is 0.826. The van der Waals surface area contributed by atoms with Crippen LogP contribution in [-0.4, -0.2) is 63.7 Å². The van der Waals surface area contributed by atoms with Gasteiger partial charge in [0.25, 0.3) is 5.91 Å². The second-order valence-corrected chi connectivity index (χ2v) is 6.56. The van der Waals surface area contributed by atoms with Crippen molar-refractivity contribution in [3.05, 3.63) is 22.7 Å². The number of halogens is 1. The summed E-state index contributed by atoms with van der Waals surface area (Å²) in [5.74, 6) is 1.37. The van der Waals surface area contributed by atoms with Gasteiger partial charge < -0.3 is 19.3 Å². The van der Waals surface area contributed by atoms with Gasteiger partial charge in [0, 0.05) is 25.7 Å². The fraction of sp³-hybridized carbons (Fsp3) is 0.588. The van der Waals surface area contributed by atoms with Crippen molar-refractivity contribution in [1.29, 1.82) is 0 Å². The number of likely N-dealkylation sites (tertiary alicyclic amines) is 1. The molecule has 2 rings (SSSR count). The van der Waals surface area contributed by atoms with E-state index in [2.05, 4.69) is 11.9 Å². The Morgan fingerprint density at radius 1 is 1.39 bits per heavy atom. The van der Waals surface area contributed by atoms with Crippen LogP contribution in [0.4, 0.5) is 0 Å². The van der Waals surface area contributed by atoms with Crippen LogP contribution in [0.3, 0.4) is 0 Å². The van der Waals surface area contributed by atoms with Crippen molar-refractivity contribution in [3.8, 4) is 11.5 Å². The Morgan fingerprint density at radius 3 is 2.74 bits per heavy atom. The zero-order chi connectivity index (χ0) is 17.0. The SMILES string of the molecule is COc1cc(C(=O)N(C)C[C@@H]2CCCN(C)C2)cc(Cl)c1OC. The van der Waals surface area contributed by atoms with E-state index in [1.807, 2.05) is 7.05 Å². The Kier molecular flexibility index (Phi) is 6.13. The summed E-state index contributed by atoms with van der Waals surface area (Å²) in [4.78, 5) is 16.8. The lowest BCUT2D eigenvalue weighted by atomic mass is 9.98. The fourth-order valence-corrected chi connectivity index (χ4v) is 3.44. The predicted octanol–water partition coefficient (Wildman–Crippen LogP) is 2.77. The van der Waals surface area contributed by atoms with Crippen molar-refractivity contribution >= 4 is 17.5 Å². The Morgan fingerprint density at radius 2 is 2.13 bits per heavy atom. The first kappa shape index (κ1) is 17.9. The third-order valence-corrected chi connectivity index (χ3v) is 4.56. The summed E-state index contributed by atoms with van der Waals surface area (Å²) in [6, 6.07) is 3.31. The number of hydrogen-bond donors (Lipinski definition) is 0. The van der Waals surface area contributed by atoms with Crippen LogP contribution in [0.5, 0.6) is 11.5 Å². The lowest BCUT2D eigenvalue weighted by Gasteiger charge is -2.32. The van der Waals surface area contributed by atoms with E-state index in [0.717, 1.165) is 26.1 Å². The molecule has 1 aliphatic rings. The van der Waals surface area contributed by atoms with Crippen LogP contribution in [0.2, 0.25) is 5.02 Å². The smallest absolute Gasteiger partial charge is 0.253 e. The van der Waals surface area contributed by atoms with Gasteiger partial charge in [0.1, 0.15) is 0 Å². The zero-order valence-electron chi connectivity index (χ0n) is 14.3. The maximum Gasteiger partial charge on any atom is 0.253 e. The fourth-order valence-electron chi connectivity index (χ4n) is 3.15. The summed E-state index contributed by atoms with van der Waals surface area (Å²) in [7, 11) is 7.02. The minimum Gasteiger partial charge on any atom is -0.493 e. The first-order chi connectivity index (χ1) is 11.0. The molecule has 0 aliphatic carbocycles. The number of hydrogen-bond acceptors (Lipinski definition) is 4. The van der Waals surface area contributed by atoms with Gasteiger partial charge in [-0.2, -0.15) is 0 Å². The van der Waals surface area contributed by atoms with E-state index in [0.29, 0.717) is 28.0 Å². The molecular weight excluding hydrogens is 316 g/mol. The van der Waals surface area contributed by atoms with E-state index < -0.39 is 0 Å². The molecular formula is C17H25ClN2O3. The average molecular weight is 341 g/mol. The molecule has 0 bridgehead atoms. The minimum atomic E-state index is -0.0546. The Hall–Kier alpha value is -1.46. The van der Waals surface area contributed by atoms with Crippen molar-refractivity contribution in [3.63, 3.8) is 0 Å². The molecule has 1 aliphatic heterocycles. The molecule has 128 valence electrons. The lowest BCUT2D eigenvalue weighted by Crippen LogP contribution is -2.40. The van der Waals surface area contributed by atoms with Gasteiger partial charge >= 0.3 is 0 Å². The standard InChI is InChI=1S/C17H25ClN2O3/c1-19-7-5-6-12(10-19)11-20(2)17(21)13-8-14(18)16(23-4)15(9-13)22-3/h8-9,12H,5-7,10-11H2,1-4H3/t12-/m1/s1. The summed E-state index contributed by atoms with van der Waals surface area (Å²) in [6.07, 6.45) is 2.35. The molecule has 1 saturated heterocycles. The number of ether oxygens (including phenoxy) is 2. The van der Waals surface area contributed by atoms with Crippen LogP contribution in [0.15, 0.2) is 12.1 Å². The number of benzene rings is 1. The average Bonchev–Trinajstić information content (AvgIpc) is 2.53. The molecule has 1 amide bonds. The molecule has 1 heterocycles. The largest absolute Gasteiger partial charge is 0.493 e. The molecule has 1 aromatic carbocycles. The highest BCUT2D eigenvalue weighted by atomic mass is 35.5. The van der Waals surface area contributed by atoms with Crippen LogP contribution in [-0.2, 0) is 0 Å². The van der Waals surface area contributed by atoms with Crippen LogP contribution in [0.25, 0.3) is 0 Å². The Labute approximate surface area is 143 Å². The van der Waals surface area contributed by atoms with Crippen LogP contribution >= 0.6 is 11.6 Å². The number of nitrogens with zero attached hydrogens (tertiary/aromatic N) is 2. The van der Waals surface area contributed by atoms with E-state index in [1.54, 1.807) is 17.0 Å². The molecule has 1 aromatic rings. The van der Waals surface area contributed by atoms with E-state index >= 15 is 0 Å². The monoisotopic (exact) mass is 340 g/mol. The second-order valence-electron chi connectivity index (χ2n) is 6.15. The number of methoxy groups -OCH3 is 2. The van der Waals surface area contributed by atoms with Crippen molar-refractivity contribution in [2.75, 3.05) is 47.9 Å². The lowest BCUT2D eigenvalue weighted by molar-refractivity contribution is 0.0740. The Balaban J connectivity index is 2.11. The van der Waals surface area contributed by atoms with Gasteiger partial charge in [0.05, 0.1) is 19.2 Å². The second kappa shape index (κ2) is 7.88. The van der Waals surface area contributed by atoms with Crippen LogP contribution in [0.1, 0.15) is 23.2 Å². The molecule has 0 unspecified atom stereocenters. The van der Waals surface area contributed by atoms with Crippen molar-refractivity contribution in [1.82, 2.24) is 9.80 Å². The number of carbonyl (C=O) groups excluding carboxylic acids is 1. The number of piperidine rings is 1. The van der Waals surface area contributed by atoms with Crippen LogP contribution < -0.4 is 9.47 Å². The molecule has 0 radical (unpaired) electrons. The summed E-state index contributed by atoms with van der Waals surface area (Å²) >= 11 is 6.19. The molecule has 1 fully saturated rings. The normalized spacial score (nSPS) is 18.6. The van der Waals surface area contributed by atoms with Gasteiger partial charge in [-0.3, -0.25) is 4.79 Å². The van der Waals surface area contributed by atoms with Crippen molar-refractivity contribution in [2.45, 2.75) is 12.8 Å². The molecule has 23 heavy (non-hydrogen) atoms. The summed E-state index contributed by atoms with van der Waals surface area (Å²) < 4.78 is 10.5.